The van der Waals surface area contributed by atoms with E-state index in [2.05, 4.69) is 10.3 Å². The molecule has 1 fully saturated rings. The number of oxazole rings is 1. The summed E-state index contributed by atoms with van der Waals surface area (Å²) in [5.74, 6) is 0.945. The van der Waals surface area contributed by atoms with Gasteiger partial charge in [0.25, 0.3) is 5.91 Å². The lowest BCUT2D eigenvalue weighted by Gasteiger charge is -2.32. The number of rotatable bonds is 4. The number of likely N-dealkylation sites (tertiary alicyclic amines) is 1. The first kappa shape index (κ1) is 16.2. The minimum absolute atomic E-state index is 0.0172. The van der Waals surface area contributed by atoms with Crippen molar-refractivity contribution in [3.05, 3.63) is 53.7 Å². The van der Waals surface area contributed by atoms with E-state index >= 15 is 0 Å². The number of aromatic nitrogens is 1. The maximum atomic E-state index is 12.5. The monoisotopic (exact) mass is 327 g/mol. The number of benzene rings is 1. The second-order valence-corrected chi connectivity index (χ2v) is 6.04. The molecule has 0 saturated carbocycles. The third-order valence-corrected chi connectivity index (χ3v) is 4.18. The van der Waals surface area contributed by atoms with Gasteiger partial charge in [0, 0.05) is 18.7 Å². The van der Waals surface area contributed by atoms with E-state index in [-0.39, 0.29) is 24.3 Å². The molecule has 1 saturated heterocycles. The zero-order valence-corrected chi connectivity index (χ0v) is 13.7. The number of nitrogens with one attached hydrogen (secondary N) is 1. The molecule has 0 aliphatic carbocycles. The van der Waals surface area contributed by atoms with E-state index in [0.29, 0.717) is 24.5 Å². The largest absolute Gasteiger partial charge is 0.444 e. The third-order valence-electron chi connectivity index (χ3n) is 4.18. The predicted octanol–water partition coefficient (Wildman–Crippen LogP) is 2.15. The Morgan fingerprint density at radius 3 is 2.83 bits per heavy atom. The fourth-order valence-electron chi connectivity index (χ4n) is 2.93. The molecular weight excluding hydrogens is 306 g/mol. The molecule has 126 valence electrons. The van der Waals surface area contributed by atoms with E-state index in [0.717, 1.165) is 18.6 Å². The molecule has 2 aromatic rings. The molecule has 2 heterocycles. The van der Waals surface area contributed by atoms with Crippen molar-refractivity contribution >= 4 is 11.8 Å². The summed E-state index contributed by atoms with van der Waals surface area (Å²) in [6.45, 7) is 3.23. The van der Waals surface area contributed by atoms with Gasteiger partial charge in [-0.05, 0) is 31.9 Å². The molecule has 6 heteroatoms. The van der Waals surface area contributed by atoms with Crippen molar-refractivity contribution in [3.63, 3.8) is 0 Å². The Labute approximate surface area is 140 Å². The van der Waals surface area contributed by atoms with E-state index in [1.54, 1.807) is 23.2 Å². The van der Waals surface area contributed by atoms with Gasteiger partial charge in [-0.1, -0.05) is 18.2 Å². The molecule has 1 N–H and O–H groups in total. The topological polar surface area (TPSA) is 75.4 Å². The highest BCUT2D eigenvalue weighted by Gasteiger charge is 2.28. The van der Waals surface area contributed by atoms with Gasteiger partial charge in [0.15, 0.2) is 0 Å². The Morgan fingerprint density at radius 2 is 2.12 bits per heavy atom. The van der Waals surface area contributed by atoms with Crippen LogP contribution in [0.25, 0.3) is 0 Å². The molecule has 0 bridgehead atoms. The van der Waals surface area contributed by atoms with E-state index in [1.165, 1.54) is 0 Å². The van der Waals surface area contributed by atoms with Crippen LogP contribution in [0.1, 0.15) is 34.9 Å². The van der Waals surface area contributed by atoms with Crippen molar-refractivity contribution in [1.82, 2.24) is 15.2 Å². The summed E-state index contributed by atoms with van der Waals surface area (Å²) < 4.78 is 5.35. The van der Waals surface area contributed by atoms with Gasteiger partial charge in [-0.25, -0.2) is 4.98 Å². The molecule has 6 nitrogen and oxygen atoms in total. The minimum atomic E-state index is -0.192. The van der Waals surface area contributed by atoms with Crippen molar-refractivity contribution in [1.29, 1.82) is 0 Å². The van der Waals surface area contributed by atoms with Gasteiger partial charge in [0.1, 0.15) is 5.76 Å². The zero-order chi connectivity index (χ0) is 16.9. The summed E-state index contributed by atoms with van der Waals surface area (Å²) in [5.41, 5.74) is 0.661. The van der Waals surface area contributed by atoms with Crippen molar-refractivity contribution in [2.75, 3.05) is 13.1 Å². The summed E-state index contributed by atoms with van der Waals surface area (Å²) in [6, 6.07) is 9.18. The standard InChI is InChI=1S/C18H21N3O3/c1-13-10-19-16(24-13)11-20-17(22)15-8-5-9-21(12-15)18(23)14-6-3-2-4-7-14/h2-4,6-7,10,15H,5,8-9,11-12H2,1H3,(H,20,22). The summed E-state index contributed by atoms with van der Waals surface area (Å²) in [6.07, 6.45) is 3.24. The number of carbonyl (C=O) groups excluding carboxylic acids is 2. The zero-order valence-electron chi connectivity index (χ0n) is 13.7. The van der Waals surface area contributed by atoms with Crippen LogP contribution in [0.5, 0.6) is 0 Å². The third kappa shape index (κ3) is 3.82. The number of hydrogen-bond donors (Lipinski definition) is 1. The maximum Gasteiger partial charge on any atom is 0.253 e. The van der Waals surface area contributed by atoms with Crippen molar-refractivity contribution in [2.24, 2.45) is 5.92 Å². The first-order valence-electron chi connectivity index (χ1n) is 8.17. The van der Waals surface area contributed by atoms with Gasteiger partial charge in [-0.3, -0.25) is 9.59 Å². The van der Waals surface area contributed by atoms with E-state index in [9.17, 15) is 9.59 Å². The van der Waals surface area contributed by atoms with Gasteiger partial charge in [-0.15, -0.1) is 0 Å². The number of amides is 2. The van der Waals surface area contributed by atoms with E-state index < -0.39 is 0 Å². The van der Waals surface area contributed by atoms with Gasteiger partial charge in [0.05, 0.1) is 18.7 Å². The average Bonchev–Trinajstić information content (AvgIpc) is 3.05. The molecule has 1 aliphatic rings. The van der Waals surface area contributed by atoms with Crippen LogP contribution in [0, 0.1) is 12.8 Å². The van der Waals surface area contributed by atoms with Crippen LogP contribution in [0.2, 0.25) is 0 Å². The van der Waals surface area contributed by atoms with Crippen LogP contribution in [0.3, 0.4) is 0 Å². The number of carbonyl (C=O) groups is 2. The van der Waals surface area contributed by atoms with Crippen LogP contribution < -0.4 is 5.32 Å². The summed E-state index contributed by atoms with van der Waals surface area (Å²) in [4.78, 5) is 30.7. The highest BCUT2D eigenvalue weighted by molar-refractivity contribution is 5.94. The molecule has 24 heavy (non-hydrogen) atoms. The van der Waals surface area contributed by atoms with Gasteiger partial charge >= 0.3 is 0 Å². The van der Waals surface area contributed by atoms with Crippen LogP contribution in [0.15, 0.2) is 40.9 Å². The lowest BCUT2D eigenvalue weighted by molar-refractivity contribution is -0.126. The van der Waals surface area contributed by atoms with Crippen LogP contribution in [-0.2, 0) is 11.3 Å². The molecule has 1 unspecified atom stereocenters. The quantitative estimate of drug-likeness (QED) is 0.933. The molecule has 1 atom stereocenters. The summed E-state index contributed by atoms with van der Waals surface area (Å²) in [5, 5.41) is 2.85. The van der Waals surface area contributed by atoms with Crippen molar-refractivity contribution in [2.45, 2.75) is 26.3 Å². The Bertz CT molecular complexity index is 711. The number of hydrogen-bond acceptors (Lipinski definition) is 4. The molecule has 0 radical (unpaired) electrons. The Balaban J connectivity index is 1.56. The van der Waals surface area contributed by atoms with Gasteiger partial charge in [0.2, 0.25) is 11.8 Å². The molecule has 2 amide bonds. The summed E-state index contributed by atoms with van der Waals surface area (Å²) >= 11 is 0. The normalized spacial score (nSPS) is 17.5. The molecule has 1 aromatic heterocycles. The fraction of sp³-hybridized carbons (Fsp3) is 0.389. The second-order valence-electron chi connectivity index (χ2n) is 6.04. The smallest absolute Gasteiger partial charge is 0.253 e. The number of nitrogens with zero attached hydrogens (tertiary/aromatic N) is 2. The Hall–Kier alpha value is -2.63. The Kier molecular flexibility index (Phi) is 4.93. The minimum Gasteiger partial charge on any atom is -0.444 e. The highest BCUT2D eigenvalue weighted by Crippen LogP contribution is 2.19. The van der Waals surface area contributed by atoms with Crippen molar-refractivity contribution in [3.8, 4) is 0 Å². The fourth-order valence-corrected chi connectivity index (χ4v) is 2.93. The predicted molar refractivity (Wildman–Crippen MR) is 88.2 cm³/mol. The molecule has 0 spiro atoms. The van der Waals surface area contributed by atoms with Gasteiger partial charge in [-0.2, -0.15) is 0 Å². The lowest BCUT2D eigenvalue weighted by Crippen LogP contribution is -2.45. The van der Waals surface area contributed by atoms with Gasteiger partial charge < -0.3 is 14.6 Å². The first-order valence-corrected chi connectivity index (χ1v) is 8.17. The molecular formula is C18H21N3O3. The second kappa shape index (κ2) is 7.29. The average molecular weight is 327 g/mol. The summed E-state index contributed by atoms with van der Waals surface area (Å²) in [7, 11) is 0. The Morgan fingerprint density at radius 1 is 1.33 bits per heavy atom. The SMILES string of the molecule is Cc1cnc(CNC(=O)C2CCCN(C(=O)c3ccccc3)C2)o1. The van der Waals surface area contributed by atoms with Crippen LogP contribution in [-0.4, -0.2) is 34.8 Å². The maximum absolute atomic E-state index is 12.5. The lowest BCUT2D eigenvalue weighted by atomic mass is 9.96. The van der Waals surface area contributed by atoms with Crippen molar-refractivity contribution < 1.29 is 14.0 Å². The van der Waals surface area contributed by atoms with Crippen LogP contribution >= 0.6 is 0 Å². The van der Waals surface area contributed by atoms with E-state index in [1.807, 2.05) is 25.1 Å². The molecule has 1 aliphatic heterocycles. The number of aryl methyl sites for hydroxylation is 1. The number of piperidine rings is 1. The molecule has 1 aromatic carbocycles. The van der Waals surface area contributed by atoms with Crippen LogP contribution in [0.4, 0.5) is 0 Å². The van der Waals surface area contributed by atoms with E-state index in [4.69, 9.17) is 4.42 Å². The molecule has 3 rings (SSSR count). The highest BCUT2D eigenvalue weighted by atomic mass is 16.4. The first-order chi connectivity index (χ1) is 11.6.